The van der Waals surface area contributed by atoms with Gasteiger partial charge in [0.1, 0.15) is 5.69 Å². The van der Waals surface area contributed by atoms with Crippen molar-refractivity contribution in [1.29, 1.82) is 0 Å². The fraction of sp³-hybridized carbons (Fsp3) is 0.333. The number of hydrogen-bond acceptors (Lipinski definition) is 5. The second-order valence-electron chi connectivity index (χ2n) is 6.44. The molecule has 0 saturated carbocycles. The van der Waals surface area contributed by atoms with Gasteiger partial charge in [0.15, 0.2) is 0 Å². The highest BCUT2D eigenvalue weighted by atomic mass is 32.2. The number of nitrogens with one attached hydrogen (secondary N) is 1. The first-order valence-electron chi connectivity index (χ1n) is 8.38. The molecule has 1 aliphatic heterocycles. The molecule has 0 radical (unpaired) electrons. The van der Waals surface area contributed by atoms with Crippen LogP contribution in [0.25, 0.3) is 0 Å². The minimum absolute atomic E-state index is 0.173. The van der Waals surface area contributed by atoms with Crippen LogP contribution in [0.5, 0.6) is 0 Å². The number of pyridine rings is 1. The van der Waals surface area contributed by atoms with Crippen molar-refractivity contribution in [3.8, 4) is 0 Å². The molecule has 1 saturated heterocycles. The minimum atomic E-state index is -3.71. The van der Waals surface area contributed by atoms with Crippen LogP contribution >= 0.6 is 0 Å². The van der Waals surface area contributed by atoms with Crippen LogP contribution in [-0.4, -0.2) is 62.3 Å². The Morgan fingerprint density at radius 3 is 2.38 bits per heavy atom. The van der Waals surface area contributed by atoms with E-state index in [-0.39, 0.29) is 16.5 Å². The Bertz CT molecular complexity index is 889. The van der Waals surface area contributed by atoms with Crippen molar-refractivity contribution in [2.75, 3.05) is 37.9 Å². The molecule has 0 bridgehead atoms. The highest BCUT2D eigenvalue weighted by Crippen LogP contribution is 2.18. The van der Waals surface area contributed by atoms with Gasteiger partial charge in [0.05, 0.1) is 10.6 Å². The Morgan fingerprint density at radius 1 is 1.08 bits per heavy atom. The van der Waals surface area contributed by atoms with E-state index in [4.69, 9.17) is 0 Å². The average Bonchev–Trinajstić information content (AvgIpc) is 2.62. The van der Waals surface area contributed by atoms with Crippen LogP contribution in [0, 0.1) is 6.92 Å². The zero-order valence-electron chi connectivity index (χ0n) is 14.8. The number of rotatable bonds is 4. The number of benzene rings is 1. The zero-order valence-corrected chi connectivity index (χ0v) is 15.7. The molecule has 0 spiro atoms. The van der Waals surface area contributed by atoms with E-state index in [1.165, 1.54) is 18.3 Å². The molecule has 3 rings (SSSR count). The maximum absolute atomic E-state index is 12.6. The number of carbonyl (C=O) groups is 1. The Morgan fingerprint density at radius 2 is 1.73 bits per heavy atom. The smallest absolute Gasteiger partial charge is 0.272 e. The Hall–Kier alpha value is -2.45. The molecule has 1 aromatic heterocycles. The van der Waals surface area contributed by atoms with Crippen molar-refractivity contribution in [3.05, 3.63) is 53.9 Å². The summed E-state index contributed by atoms with van der Waals surface area (Å²) in [6.45, 7) is 4.78. The number of sulfonamides is 1. The van der Waals surface area contributed by atoms with Crippen molar-refractivity contribution in [3.63, 3.8) is 0 Å². The van der Waals surface area contributed by atoms with E-state index in [9.17, 15) is 13.2 Å². The molecule has 26 heavy (non-hydrogen) atoms. The predicted molar refractivity (Wildman–Crippen MR) is 99.6 cm³/mol. The third-order valence-corrected chi connectivity index (χ3v) is 5.75. The number of hydrogen-bond donors (Lipinski definition) is 1. The lowest BCUT2D eigenvalue weighted by Gasteiger charge is -2.32. The van der Waals surface area contributed by atoms with Gasteiger partial charge in [-0.2, -0.15) is 0 Å². The number of aryl methyl sites for hydroxylation is 1. The second kappa shape index (κ2) is 7.43. The molecule has 0 aliphatic carbocycles. The van der Waals surface area contributed by atoms with Crippen LogP contribution < -0.4 is 4.72 Å². The van der Waals surface area contributed by atoms with Crippen LogP contribution in [0.1, 0.15) is 16.1 Å². The molecule has 0 unspecified atom stereocenters. The quantitative estimate of drug-likeness (QED) is 0.879. The number of anilines is 1. The second-order valence-corrected chi connectivity index (χ2v) is 8.13. The Balaban J connectivity index is 1.77. The van der Waals surface area contributed by atoms with Crippen LogP contribution in [0.4, 0.5) is 5.69 Å². The van der Waals surface area contributed by atoms with E-state index >= 15 is 0 Å². The lowest BCUT2D eigenvalue weighted by molar-refractivity contribution is 0.0658. The molecular weight excluding hydrogens is 352 g/mol. The van der Waals surface area contributed by atoms with E-state index in [0.717, 1.165) is 18.7 Å². The summed E-state index contributed by atoms with van der Waals surface area (Å²) in [6.07, 6.45) is 1.44. The van der Waals surface area contributed by atoms with Crippen LogP contribution in [0.2, 0.25) is 0 Å². The molecule has 2 heterocycles. The van der Waals surface area contributed by atoms with Gasteiger partial charge in [-0.15, -0.1) is 0 Å². The third-order valence-electron chi connectivity index (χ3n) is 4.35. The van der Waals surface area contributed by atoms with Gasteiger partial charge in [0, 0.05) is 32.4 Å². The maximum atomic E-state index is 12.6. The van der Waals surface area contributed by atoms with Crippen LogP contribution in [0.3, 0.4) is 0 Å². The lowest BCUT2D eigenvalue weighted by atomic mass is 10.2. The molecule has 1 amide bonds. The summed E-state index contributed by atoms with van der Waals surface area (Å²) in [5, 5.41) is 0. The first-order valence-corrected chi connectivity index (χ1v) is 9.87. The van der Waals surface area contributed by atoms with E-state index in [2.05, 4.69) is 14.6 Å². The van der Waals surface area contributed by atoms with Crippen molar-refractivity contribution in [1.82, 2.24) is 14.8 Å². The Kier molecular flexibility index (Phi) is 5.24. The van der Waals surface area contributed by atoms with E-state index < -0.39 is 10.0 Å². The number of carbonyl (C=O) groups excluding carboxylic acids is 1. The van der Waals surface area contributed by atoms with Crippen molar-refractivity contribution >= 4 is 21.6 Å². The van der Waals surface area contributed by atoms with Crippen molar-refractivity contribution in [2.45, 2.75) is 11.8 Å². The summed E-state index contributed by atoms with van der Waals surface area (Å²) >= 11 is 0. The molecule has 1 aromatic carbocycles. The lowest BCUT2D eigenvalue weighted by Crippen LogP contribution is -2.47. The molecule has 0 atom stereocenters. The summed E-state index contributed by atoms with van der Waals surface area (Å²) in [5.74, 6) is -0.186. The third kappa shape index (κ3) is 4.20. The van der Waals surface area contributed by atoms with Gasteiger partial charge in [-0.05, 0) is 38.2 Å². The molecule has 1 fully saturated rings. The number of nitrogens with zero attached hydrogens (tertiary/aromatic N) is 3. The van der Waals surface area contributed by atoms with Gasteiger partial charge in [0.2, 0.25) is 0 Å². The minimum Gasteiger partial charge on any atom is -0.335 e. The van der Waals surface area contributed by atoms with E-state index in [0.29, 0.717) is 18.8 Å². The molecule has 1 N–H and O–H groups in total. The monoisotopic (exact) mass is 374 g/mol. The van der Waals surface area contributed by atoms with Crippen LogP contribution in [0.15, 0.2) is 47.5 Å². The zero-order chi connectivity index (χ0) is 18.7. The highest BCUT2D eigenvalue weighted by molar-refractivity contribution is 7.92. The summed E-state index contributed by atoms with van der Waals surface area (Å²) in [7, 11) is -1.70. The SMILES string of the molecule is Cc1ccc(S(=O)(=O)Nc2ccnc(C(=O)N3CCN(C)CC3)c2)cc1. The number of amides is 1. The highest BCUT2D eigenvalue weighted by Gasteiger charge is 2.22. The van der Waals surface area contributed by atoms with E-state index in [1.807, 2.05) is 14.0 Å². The summed E-state index contributed by atoms with van der Waals surface area (Å²) in [5.41, 5.74) is 1.53. The van der Waals surface area contributed by atoms with Crippen molar-refractivity contribution < 1.29 is 13.2 Å². The van der Waals surface area contributed by atoms with Gasteiger partial charge >= 0.3 is 0 Å². The fourth-order valence-corrected chi connectivity index (χ4v) is 3.76. The van der Waals surface area contributed by atoms with E-state index in [1.54, 1.807) is 29.2 Å². The van der Waals surface area contributed by atoms with Gasteiger partial charge in [-0.3, -0.25) is 14.5 Å². The molecule has 1 aliphatic rings. The maximum Gasteiger partial charge on any atom is 0.272 e. The fourth-order valence-electron chi connectivity index (χ4n) is 2.71. The standard InChI is InChI=1S/C18H22N4O3S/c1-14-3-5-16(6-4-14)26(24,25)20-15-7-8-19-17(13-15)18(23)22-11-9-21(2)10-12-22/h3-8,13H,9-12H2,1-2H3,(H,19,20). The number of piperazine rings is 1. The normalized spacial score (nSPS) is 15.7. The van der Waals surface area contributed by atoms with Crippen LogP contribution in [-0.2, 0) is 10.0 Å². The van der Waals surface area contributed by atoms with Crippen molar-refractivity contribution in [2.24, 2.45) is 0 Å². The predicted octanol–water partition coefficient (Wildman–Crippen LogP) is 1.58. The summed E-state index contributed by atoms with van der Waals surface area (Å²) in [4.78, 5) is 20.8. The first-order chi connectivity index (χ1) is 12.3. The topological polar surface area (TPSA) is 82.6 Å². The Labute approximate surface area is 153 Å². The first kappa shape index (κ1) is 18.3. The summed E-state index contributed by atoms with van der Waals surface area (Å²) < 4.78 is 27.5. The number of aromatic nitrogens is 1. The molecule has 2 aromatic rings. The largest absolute Gasteiger partial charge is 0.335 e. The summed E-state index contributed by atoms with van der Waals surface area (Å²) in [6, 6.07) is 9.59. The molecular formula is C18H22N4O3S. The molecule has 7 nitrogen and oxygen atoms in total. The van der Waals surface area contributed by atoms with Gasteiger partial charge in [0.25, 0.3) is 15.9 Å². The number of likely N-dealkylation sites (N-methyl/N-ethyl adjacent to an activating group) is 1. The van der Waals surface area contributed by atoms with Gasteiger partial charge in [-0.25, -0.2) is 8.42 Å². The molecule has 138 valence electrons. The average molecular weight is 374 g/mol. The van der Waals surface area contributed by atoms with Gasteiger partial charge < -0.3 is 9.80 Å². The van der Waals surface area contributed by atoms with Gasteiger partial charge in [-0.1, -0.05) is 17.7 Å². The molecule has 8 heteroatoms.